The molecular weight excluding hydrogens is 550 g/mol. The zero-order valence-electron chi connectivity index (χ0n) is 19.6. The van der Waals surface area contributed by atoms with Crippen LogP contribution in [-0.4, -0.2) is 0 Å². The third-order valence-corrected chi connectivity index (χ3v) is 17.3. The van der Waals surface area contributed by atoms with Crippen LogP contribution in [0.5, 0.6) is 46.0 Å². The lowest BCUT2D eigenvalue weighted by Crippen LogP contribution is -2.38. The predicted molar refractivity (Wildman–Crippen MR) is 159 cm³/mol. The van der Waals surface area contributed by atoms with Crippen LogP contribution in [-0.2, 0) is 23.6 Å². The Hall–Kier alpha value is -3.40. The molecule has 2 atom stereocenters. The summed E-state index contributed by atoms with van der Waals surface area (Å²) in [6, 6.07) is 27.1. The van der Waals surface area contributed by atoms with Gasteiger partial charge in [-0.15, -0.1) is 0 Å². The van der Waals surface area contributed by atoms with E-state index < -0.39 is 12.1 Å². The van der Waals surface area contributed by atoms with Crippen LogP contribution in [0.25, 0.3) is 0 Å². The molecule has 4 aliphatic heterocycles. The average Bonchev–Trinajstić information content (AvgIpc) is 2.93. The van der Waals surface area contributed by atoms with Gasteiger partial charge < -0.3 is 18.9 Å². The summed E-state index contributed by atoms with van der Waals surface area (Å²) in [5.41, 5.74) is 0. The monoisotopic (exact) mass is 566 g/mol. The van der Waals surface area contributed by atoms with Crippen molar-refractivity contribution in [3.8, 4) is 46.0 Å². The van der Waals surface area contributed by atoms with Crippen molar-refractivity contribution in [2.75, 3.05) is 0 Å². The van der Waals surface area contributed by atoms with Crippen LogP contribution in [0, 0.1) is 0 Å². The van der Waals surface area contributed by atoms with Crippen molar-refractivity contribution >= 4 is 67.5 Å². The lowest BCUT2D eigenvalue weighted by molar-refractivity contribution is 0.459. The summed E-state index contributed by atoms with van der Waals surface area (Å²) >= 11 is 13.4. The van der Waals surface area contributed by atoms with Gasteiger partial charge >= 0.3 is 0 Å². The molecule has 0 spiro atoms. The Bertz CT molecular complexity index is 1870. The number of hydrogen-bond donors (Lipinski definition) is 0. The van der Waals surface area contributed by atoms with Crippen LogP contribution in [0.15, 0.2) is 97.1 Å². The van der Waals surface area contributed by atoms with Crippen LogP contribution in [0.3, 0.4) is 0 Å². The average molecular weight is 567 g/mol. The van der Waals surface area contributed by atoms with Crippen LogP contribution < -0.4 is 50.8 Å². The summed E-state index contributed by atoms with van der Waals surface area (Å²) in [4.78, 5) is 0. The summed E-state index contributed by atoms with van der Waals surface area (Å²) in [6.45, 7) is 0. The van der Waals surface area contributed by atoms with Crippen LogP contribution in [0.1, 0.15) is 0 Å². The minimum atomic E-state index is -2.50. The first-order valence-electron chi connectivity index (χ1n) is 12.1. The van der Waals surface area contributed by atoms with Gasteiger partial charge in [0, 0.05) is 21.2 Å². The van der Waals surface area contributed by atoms with Gasteiger partial charge in [-0.1, -0.05) is 60.0 Å². The second-order valence-electron chi connectivity index (χ2n) is 9.56. The molecule has 4 heterocycles. The van der Waals surface area contributed by atoms with E-state index in [1.54, 1.807) is 0 Å². The van der Waals surface area contributed by atoms with Gasteiger partial charge in [-0.25, -0.2) is 0 Å². The van der Waals surface area contributed by atoms with E-state index in [9.17, 15) is 0 Å². The molecule has 0 bridgehead atoms. The van der Waals surface area contributed by atoms with Crippen molar-refractivity contribution in [3.05, 3.63) is 97.1 Å². The Morgan fingerprint density at radius 2 is 0.711 bits per heavy atom. The zero-order chi connectivity index (χ0) is 25.2. The van der Waals surface area contributed by atoms with E-state index >= 15 is 0 Å². The van der Waals surface area contributed by atoms with E-state index in [1.165, 1.54) is 0 Å². The van der Waals surface area contributed by atoms with Gasteiger partial charge in [0.1, 0.15) is 46.0 Å². The highest BCUT2D eigenvalue weighted by molar-refractivity contribution is 8.26. The van der Waals surface area contributed by atoms with E-state index in [1.807, 2.05) is 72.8 Å². The fourth-order valence-corrected chi connectivity index (χ4v) is 14.9. The normalized spacial score (nSPS) is 21.9. The number of hydrogen-bond acceptors (Lipinski definition) is 6. The molecule has 0 aliphatic carbocycles. The molecule has 0 aromatic heterocycles. The zero-order valence-corrected chi connectivity index (χ0v) is 23.0. The van der Waals surface area contributed by atoms with Gasteiger partial charge in [-0.05, 0) is 60.7 Å². The summed E-state index contributed by atoms with van der Waals surface area (Å²) in [5.74, 6) is 6.09. The highest BCUT2D eigenvalue weighted by Gasteiger charge is 2.47. The molecule has 0 saturated carbocycles. The Balaban J connectivity index is 1.37. The number of rotatable bonds is 0. The molecule has 0 N–H and O–H groups in total. The highest BCUT2D eigenvalue weighted by Crippen LogP contribution is 2.62. The van der Waals surface area contributed by atoms with Crippen molar-refractivity contribution in [1.82, 2.24) is 0 Å². The predicted octanol–water partition coefficient (Wildman–Crippen LogP) is 5.62. The van der Waals surface area contributed by atoms with Crippen molar-refractivity contribution < 1.29 is 18.9 Å². The molecule has 4 aliphatic rings. The molecule has 9 rings (SSSR count). The van der Waals surface area contributed by atoms with Crippen molar-refractivity contribution in [3.63, 3.8) is 0 Å². The molecule has 38 heavy (non-hydrogen) atoms. The van der Waals surface area contributed by atoms with Gasteiger partial charge in [0.2, 0.25) is 0 Å². The maximum atomic E-state index is 6.68. The number of ether oxygens (including phenoxy) is 4. The maximum absolute atomic E-state index is 6.68. The largest absolute Gasteiger partial charge is 0.456 e. The van der Waals surface area contributed by atoms with E-state index in [0.29, 0.717) is 0 Å². The molecule has 8 heteroatoms. The number of benzene rings is 5. The molecule has 0 saturated heterocycles. The lowest BCUT2D eigenvalue weighted by Gasteiger charge is -2.40. The number of fused-ring (bicyclic) bond motifs is 8. The standard InChI is InChI=1S/C30H16O4P2S2/c37-35-25-13-3-1-7-17(25)31-19-9-5-11-21(29(19)35)33-23-16-28-24(15-27(23)35)34-22-12-6-10-20-30(22)36(28,38)26-14-4-2-8-18(26)32-20/h1-16H. The second kappa shape index (κ2) is 7.16. The molecule has 0 amide bonds. The summed E-state index contributed by atoms with van der Waals surface area (Å²) in [6.07, 6.45) is 0. The topological polar surface area (TPSA) is 36.9 Å². The molecule has 5 aromatic rings. The molecule has 182 valence electrons. The third kappa shape index (κ3) is 2.48. The van der Waals surface area contributed by atoms with Crippen LogP contribution in [0.2, 0.25) is 0 Å². The van der Waals surface area contributed by atoms with Gasteiger partial charge in [0.25, 0.3) is 0 Å². The maximum Gasteiger partial charge on any atom is 0.140 e. The second-order valence-corrected chi connectivity index (χ2v) is 18.1. The Kier molecular flexibility index (Phi) is 4.06. The van der Waals surface area contributed by atoms with E-state index in [4.69, 9.17) is 42.6 Å². The number of para-hydroxylation sites is 2. The van der Waals surface area contributed by atoms with E-state index in [-0.39, 0.29) is 0 Å². The molecule has 5 aromatic carbocycles. The first kappa shape index (κ1) is 21.5. The lowest BCUT2D eigenvalue weighted by atomic mass is 10.2. The molecular formula is C30H16O4P2S2. The summed E-state index contributed by atoms with van der Waals surface area (Å²) < 4.78 is 25.8. The van der Waals surface area contributed by atoms with Gasteiger partial charge in [-0.3, -0.25) is 0 Å². The van der Waals surface area contributed by atoms with Crippen molar-refractivity contribution in [2.45, 2.75) is 0 Å². The van der Waals surface area contributed by atoms with E-state index in [2.05, 4.69) is 24.3 Å². The highest BCUT2D eigenvalue weighted by atomic mass is 32.4. The van der Waals surface area contributed by atoms with Gasteiger partial charge in [0.05, 0.1) is 22.7 Å². The Labute approximate surface area is 228 Å². The summed E-state index contributed by atoms with van der Waals surface area (Å²) in [5, 5.41) is 5.89. The van der Waals surface area contributed by atoms with Gasteiger partial charge in [0.15, 0.2) is 0 Å². The Morgan fingerprint density at radius 3 is 1.13 bits per heavy atom. The molecule has 0 radical (unpaired) electrons. The minimum absolute atomic E-state index is 0.742. The smallest absolute Gasteiger partial charge is 0.140 e. The van der Waals surface area contributed by atoms with Gasteiger partial charge in [-0.2, -0.15) is 0 Å². The quantitative estimate of drug-likeness (QED) is 0.222. The minimum Gasteiger partial charge on any atom is -0.456 e. The molecule has 4 nitrogen and oxygen atoms in total. The first-order valence-corrected chi connectivity index (χ1v) is 17.7. The van der Waals surface area contributed by atoms with Crippen LogP contribution >= 0.6 is 12.1 Å². The van der Waals surface area contributed by atoms with Crippen molar-refractivity contribution in [1.29, 1.82) is 0 Å². The third-order valence-electron chi connectivity index (χ3n) is 7.56. The Morgan fingerprint density at radius 1 is 0.368 bits per heavy atom. The fraction of sp³-hybridized carbons (Fsp3) is 0. The van der Waals surface area contributed by atoms with E-state index in [0.717, 1.165) is 77.8 Å². The molecule has 0 fully saturated rings. The van der Waals surface area contributed by atoms with Crippen molar-refractivity contribution in [2.24, 2.45) is 0 Å². The SMILES string of the molecule is S=P12c3ccccc3Oc3cccc(c31)Oc1cc3c(cc12)Oc1cccc2c1P3(=S)c1ccccc1O2. The summed E-state index contributed by atoms with van der Waals surface area (Å²) in [7, 11) is 0. The molecule has 2 unspecified atom stereocenters. The van der Waals surface area contributed by atoms with Crippen LogP contribution in [0.4, 0.5) is 0 Å². The first-order chi connectivity index (χ1) is 18.6. The fourth-order valence-electron chi connectivity index (χ4n) is 5.97.